The highest BCUT2D eigenvalue weighted by molar-refractivity contribution is 6.13. The quantitative estimate of drug-likeness (QED) is 0.497. The van der Waals surface area contributed by atoms with E-state index in [1.165, 1.54) is 0 Å². The Morgan fingerprint density at radius 3 is 2.35 bits per heavy atom. The molecular formula is C20H17NO5. The molecule has 2 aromatic carbocycles. The van der Waals surface area contributed by atoms with Crippen LogP contribution in [0.1, 0.15) is 33.5 Å². The maximum atomic E-state index is 12.8. The Hall–Kier alpha value is -3.41. The predicted molar refractivity (Wildman–Crippen MR) is 94.3 cm³/mol. The summed E-state index contributed by atoms with van der Waals surface area (Å²) in [4.78, 5) is 25.1. The molecule has 6 nitrogen and oxygen atoms in total. The number of carbonyl (C=O) groups excluding carboxylic acids is 2. The molecule has 0 saturated heterocycles. The number of carbonyl (C=O) groups is 2. The van der Waals surface area contributed by atoms with Crippen molar-refractivity contribution >= 4 is 11.8 Å². The number of ether oxygens (including phenoxy) is 2. The number of rotatable bonds is 6. The highest BCUT2D eigenvalue weighted by atomic mass is 16.5. The summed E-state index contributed by atoms with van der Waals surface area (Å²) < 4.78 is 15.4. The second-order valence-electron chi connectivity index (χ2n) is 5.38. The minimum atomic E-state index is -0.644. The van der Waals surface area contributed by atoms with Crippen molar-refractivity contribution in [2.45, 2.75) is 6.92 Å². The van der Waals surface area contributed by atoms with Crippen LogP contribution in [0.15, 0.2) is 59.1 Å². The molecule has 0 N–H and O–H groups in total. The van der Waals surface area contributed by atoms with Gasteiger partial charge in [0.05, 0.1) is 19.3 Å². The molecule has 0 amide bonds. The summed E-state index contributed by atoms with van der Waals surface area (Å²) in [5.74, 6) is -0.364. The number of aromatic nitrogens is 1. The van der Waals surface area contributed by atoms with E-state index in [4.69, 9.17) is 14.0 Å². The molecule has 1 aromatic heterocycles. The molecule has 0 radical (unpaired) electrons. The van der Waals surface area contributed by atoms with Gasteiger partial charge < -0.3 is 14.0 Å². The zero-order valence-electron chi connectivity index (χ0n) is 14.4. The fraction of sp³-hybridized carbons (Fsp3) is 0.150. The average Bonchev–Trinajstić information content (AvgIpc) is 3.13. The number of hydrogen-bond donors (Lipinski definition) is 0. The van der Waals surface area contributed by atoms with E-state index in [1.54, 1.807) is 62.6 Å². The number of hydrogen-bond acceptors (Lipinski definition) is 6. The molecule has 0 unspecified atom stereocenters. The van der Waals surface area contributed by atoms with Gasteiger partial charge in [0.1, 0.15) is 5.75 Å². The number of benzene rings is 2. The van der Waals surface area contributed by atoms with Crippen LogP contribution in [0, 0.1) is 0 Å². The van der Waals surface area contributed by atoms with Crippen LogP contribution < -0.4 is 4.74 Å². The van der Waals surface area contributed by atoms with Crippen molar-refractivity contribution in [2.75, 3.05) is 13.7 Å². The summed E-state index contributed by atoms with van der Waals surface area (Å²) in [6.45, 7) is 1.89. The standard InChI is InChI=1S/C20H17NO5/c1-3-25-20(23)17-16(13-9-11-15(24-2)12-10-13)19(26-21-17)18(22)14-7-5-4-6-8-14/h4-12H,3H2,1-2H3. The van der Waals surface area contributed by atoms with E-state index in [0.29, 0.717) is 22.4 Å². The van der Waals surface area contributed by atoms with E-state index < -0.39 is 5.97 Å². The van der Waals surface area contributed by atoms with Crippen LogP contribution in [-0.2, 0) is 4.74 Å². The average molecular weight is 351 g/mol. The van der Waals surface area contributed by atoms with Crippen molar-refractivity contribution in [3.63, 3.8) is 0 Å². The molecule has 0 fully saturated rings. The normalized spacial score (nSPS) is 10.4. The fourth-order valence-corrected chi connectivity index (χ4v) is 2.53. The highest BCUT2D eigenvalue weighted by Crippen LogP contribution is 2.31. The smallest absolute Gasteiger partial charge is 0.361 e. The molecule has 0 aliphatic heterocycles. The molecule has 0 aliphatic carbocycles. The van der Waals surface area contributed by atoms with Crippen LogP contribution >= 0.6 is 0 Å². The molecule has 3 rings (SSSR count). The first-order valence-electron chi connectivity index (χ1n) is 8.06. The molecule has 132 valence electrons. The van der Waals surface area contributed by atoms with E-state index in [1.807, 2.05) is 6.07 Å². The Kier molecular flexibility index (Phi) is 5.12. The first kappa shape index (κ1) is 17.4. The monoisotopic (exact) mass is 351 g/mol. The Morgan fingerprint density at radius 2 is 1.73 bits per heavy atom. The van der Waals surface area contributed by atoms with Crippen molar-refractivity contribution in [3.05, 3.63) is 71.6 Å². The first-order chi connectivity index (χ1) is 12.7. The SMILES string of the molecule is CCOC(=O)c1noc(C(=O)c2ccccc2)c1-c1ccc(OC)cc1. The number of methoxy groups -OCH3 is 1. The third kappa shape index (κ3) is 3.35. The van der Waals surface area contributed by atoms with Gasteiger partial charge in [0.2, 0.25) is 11.5 Å². The Morgan fingerprint density at radius 1 is 1.04 bits per heavy atom. The Balaban J connectivity index is 2.12. The van der Waals surface area contributed by atoms with Crippen LogP contribution in [0.25, 0.3) is 11.1 Å². The lowest BCUT2D eigenvalue weighted by atomic mass is 9.98. The van der Waals surface area contributed by atoms with Crippen molar-refractivity contribution in [3.8, 4) is 16.9 Å². The summed E-state index contributed by atoms with van der Waals surface area (Å²) in [5.41, 5.74) is 1.32. The summed E-state index contributed by atoms with van der Waals surface area (Å²) in [5, 5.41) is 3.80. The zero-order chi connectivity index (χ0) is 18.5. The highest BCUT2D eigenvalue weighted by Gasteiger charge is 2.28. The molecule has 0 spiro atoms. The molecule has 0 bridgehead atoms. The lowest BCUT2D eigenvalue weighted by molar-refractivity contribution is 0.0515. The zero-order valence-corrected chi connectivity index (χ0v) is 14.4. The molecule has 3 aromatic rings. The molecule has 26 heavy (non-hydrogen) atoms. The van der Waals surface area contributed by atoms with Gasteiger partial charge in [-0.3, -0.25) is 4.79 Å². The van der Waals surface area contributed by atoms with Gasteiger partial charge >= 0.3 is 5.97 Å². The predicted octanol–water partition coefficient (Wildman–Crippen LogP) is 3.76. The summed E-state index contributed by atoms with van der Waals surface area (Å²) in [7, 11) is 1.56. The largest absolute Gasteiger partial charge is 0.497 e. The van der Waals surface area contributed by atoms with Gasteiger partial charge in [0.15, 0.2) is 5.69 Å². The van der Waals surface area contributed by atoms with Crippen LogP contribution in [0.5, 0.6) is 5.75 Å². The molecule has 6 heteroatoms. The van der Waals surface area contributed by atoms with Crippen LogP contribution in [0.3, 0.4) is 0 Å². The third-order valence-electron chi connectivity index (χ3n) is 3.78. The van der Waals surface area contributed by atoms with Gasteiger partial charge in [0.25, 0.3) is 0 Å². The van der Waals surface area contributed by atoms with E-state index in [0.717, 1.165) is 0 Å². The van der Waals surface area contributed by atoms with Gasteiger partial charge in [0, 0.05) is 5.56 Å². The van der Waals surface area contributed by atoms with Crippen molar-refractivity contribution in [1.29, 1.82) is 0 Å². The topological polar surface area (TPSA) is 78.6 Å². The minimum Gasteiger partial charge on any atom is -0.497 e. The summed E-state index contributed by atoms with van der Waals surface area (Å²) >= 11 is 0. The maximum absolute atomic E-state index is 12.8. The van der Waals surface area contributed by atoms with Crippen molar-refractivity contribution < 1.29 is 23.6 Å². The van der Waals surface area contributed by atoms with Gasteiger partial charge in [-0.05, 0) is 24.6 Å². The van der Waals surface area contributed by atoms with Crippen molar-refractivity contribution in [2.24, 2.45) is 0 Å². The third-order valence-corrected chi connectivity index (χ3v) is 3.78. The lowest BCUT2D eigenvalue weighted by Gasteiger charge is -2.06. The summed E-state index contributed by atoms with van der Waals surface area (Å²) in [6, 6.07) is 15.6. The maximum Gasteiger partial charge on any atom is 0.361 e. The van der Waals surface area contributed by atoms with E-state index >= 15 is 0 Å². The Bertz CT molecular complexity index is 913. The van der Waals surface area contributed by atoms with Crippen molar-refractivity contribution in [1.82, 2.24) is 5.16 Å². The molecule has 0 saturated carbocycles. The molecule has 0 atom stereocenters. The lowest BCUT2D eigenvalue weighted by Crippen LogP contribution is -2.08. The molecule has 1 heterocycles. The second kappa shape index (κ2) is 7.65. The van der Waals surface area contributed by atoms with E-state index in [2.05, 4.69) is 5.16 Å². The van der Waals surface area contributed by atoms with Crippen LogP contribution in [-0.4, -0.2) is 30.6 Å². The second-order valence-corrected chi connectivity index (χ2v) is 5.38. The number of nitrogens with zero attached hydrogens (tertiary/aromatic N) is 1. The Labute approximate surface area is 150 Å². The number of esters is 1. The van der Waals surface area contributed by atoms with E-state index in [9.17, 15) is 9.59 Å². The van der Waals surface area contributed by atoms with E-state index in [-0.39, 0.29) is 23.8 Å². The van der Waals surface area contributed by atoms with Gasteiger partial charge in [-0.15, -0.1) is 0 Å². The fourth-order valence-electron chi connectivity index (χ4n) is 2.53. The summed E-state index contributed by atoms with van der Waals surface area (Å²) in [6.07, 6.45) is 0. The molecule has 0 aliphatic rings. The number of ketones is 1. The van der Waals surface area contributed by atoms with Gasteiger partial charge in [-0.25, -0.2) is 4.79 Å². The van der Waals surface area contributed by atoms with Crippen LogP contribution in [0.2, 0.25) is 0 Å². The molecular weight excluding hydrogens is 334 g/mol. The van der Waals surface area contributed by atoms with Gasteiger partial charge in [-0.2, -0.15) is 0 Å². The van der Waals surface area contributed by atoms with Gasteiger partial charge in [-0.1, -0.05) is 47.6 Å². The van der Waals surface area contributed by atoms with Crippen LogP contribution in [0.4, 0.5) is 0 Å². The first-order valence-corrected chi connectivity index (χ1v) is 8.06. The minimum absolute atomic E-state index is 0.00980.